The van der Waals surface area contributed by atoms with Gasteiger partial charge in [-0.1, -0.05) is 6.07 Å². The van der Waals surface area contributed by atoms with Gasteiger partial charge < -0.3 is 14.6 Å². The van der Waals surface area contributed by atoms with E-state index in [2.05, 4.69) is 11.0 Å². The maximum atomic E-state index is 12.5. The van der Waals surface area contributed by atoms with Gasteiger partial charge in [0.25, 0.3) is 0 Å². The van der Waals surface area contributed by atoms with Gasteiger partial charge in [-0.05, 0) is 37.3 Å². The minimum Gasteiger partial charge on any atom is -0.493 e. The molecule has 2 fully saturated rings. The number of carbonyl (C=O) groups is 1. The number of likely N-dealkylation sites (tertiary alicyclic amines) is 1. The average molecular weight is 297 g/mol. The van der Waals surface area contributed by atoms with Crippen molar-refractivity contribution in [3.63, 3.8) is 0 Å². The van der Waals surface area contributed by atoms with Crippen LogP contribution in [0.15, 0.2) is 24.3 Å². The van der Waals surface area contributed by atoms with Crippen molar-refractivity contribution in [1.82, 2.24) is 4.90 Å². The lowest BCUT2D eigenvalue weighted by atomic mass is 9.62. The van der Waals surface area contributed by atoms with Gasteiger partial charge in [-0.3, -0.25) is 9.69 Å². The third kappa shape index (κ3) is 0.754. The molecule has 5 aliphatic rings. The molecule has 2 bridgehead atoms. The first-order valence-electron chi connectivity index (χ1n) is 7.59. The molecule has 2 aliphatic heterocycles. The highest BCUT2D eigenvalue weighted by Crippen LogP contribution is 2.80. The second-order valence-corrected chi connectivity index (χ2v) is 7.16. The van der Waals surface area contributed by atoms with Crippen LogP contribution in [0.2, 0.25) is 0 Å². The van der Waals surface area contributed by atoms with Crippen molar-refractivity contribution in [2.75, 3.05) is 14.2 Å². The molecule has 2 heterocycles. The maximum Gasteiger partial charge on any atom is 0.196 e. The summed E-state index contributed by atoms with van der Waals surface area (Å²) < 4.78 is 11.5. The van der Waals surface area contributed by atoms with Crippen LogP contribution in [0.5, 0.6) is 11.5 Å². The zero-order chi connectivity index (χ0) is 15.1. The first kappa shape index (κ1) is 11.7. The zero-order valence-corrected chi connectivity index (χ0v) is 12.3. The second kappa shape index (κ2) is 2.84. The van der Waals surface area contributed by atoms with Crippen LogP contribution >= 0.6 is 0 Å². The van der Waals surface area contributed by atoms with Gasteiger partial charge >= 0.3 is 0 Å². The Hall–Kier alpha value is -1.85. The number of ether oxygens (including phenoxy) is 2. The second-order valence-electron chi connectivity index (χ2n) is 7.16. The van der Waals surface area contributed by atoms with E-state index in [-0.39, 0.29) is 17.4 Å². The van der Waals surface area contributed by atoms with Gasteiger partial charge in [0.05, 0.1) is 24.1 Å². The van der Waals surface area contributed by atoms with E-state index < -0.39 is 17.1 Å². The van der Waals surface area contributed by atoms with Crippen LogP contribution in [0.4, 0.5) is 0 Å². The SMILES string of the molecule is COc1ccc2c3c1O[C@H]1C(=O)C=CC4(O)[C@@H]5N(C)C25C[C@]314. The van der Waals surface area contributed by atoms with Crippen molar-refractivity contribution >= 4 is 5.78 Å². The summed E-state index contributed by atoms with van der Waals surface area (Å²) in [7, 11) is 3.65. The Kier molecular flexibility index (Phi) is 1.51. The maximum absolute atomic E-state index is 12.5. The fourth-order valence-electron chi connectivity index (χ4n) is 6.02. The largest absolute Gasteiger partial charge is 0.493 e. The van der Waals surface area contributed by atoms with E-state index in [0.29, 0.717) is 11.5 Å². The molecule has 3 unspecified atom stereocenters. The summed E-state index contributed by atoms with van der Waals surface area (Å²) in [6.07, 6.45) is 3.32. The van der Waals surface area contributed by atoms with E-state index >= 15 is 0 Å². The summed E-state index contributed by atoms with van der Waals surface area (Å²) in [5.41, 5.74) is 0.367. The Morgan fingerprint density at radius 3 is 3.05 bits per heavy atom. The van der Waals surface area contributed by atoms with Crippen LogP contribution in [0.3, 0.4) is 0 Å². The smallest absolute Gasteiger partial charge is 0.196 e. The van der Waals surface area contributed by atoms with Crippen molar-refractivity contribution in [3.8, 4) is 11.5 Å². The van der Waals surface area contributed by atoms with Crippen LogP contribution in [0, 0.1) is 0 Å². The third-order valence-corrected chi connectivity index (χ3v) is 6.78. The predicted molar refractivity (Wildman–Crippen MR) is 76.0 cm³/mol. The lowest BCUT2D eigenvalue weighted by molar-refractivity contribution is -0.130. The summed E-state index contributed by atoms with van der Waals surface area (Å²) in [6.45, 7) is 0. The first-order valence-corrected chi connectivity index (χ1v) is 7.59. The average Bonchev–Trinajstić information content (AvgIpc) is 2.83. The highest BCUT2D eigenvalue weighted by atomic mass is 16.5. The Bertz CT molecular complexity index is 832. The number of rotatable bonds is 1. The zero-order valence-electron chi connectivity index (χ0n) is 12.3. The molecule has 0 radical (unpaired) electrons. The van der Waals surface area contributed by atoms with Gasteiger partial charge in [-0.15, -0.1) is 0 Å². The minimum absolute atomic E-state index is 0.0299. The minimum atomic E-state index is -1.04. The molecule has 6 rings (SSSR count). The van der Waals surface area contributed by atoms with Crippen molar-refractivity contribution < 1.29 is 19.4 Å². The lowest BCUT2D eigenvalue weighted by Gasteiger charge is -2.44. The number of likely N-dealkylation sites (N-methyl/N-ethyl adjacent to an activating group) is 1. The highest BCUT2D eigenvalue weighted by molar-refractivity contribution is 6.00. The molecule has 1 aromatic rings. The molecule has 112 valence electrons. The number of hydrogen-bond acceptors (Lipinski definition) is 5. The first-order chi connectivity index (χ1) is 10.5. The summed E-state index contributed by atoms with van der Waals surface area (Å²) in [5, 5.41) is 11.5. The van der Waals surface area contributed by atoms with E-state index in [1.54, 1.807) is 13.2 Å². The molecule has 3 aliphatic carbocycles. The summed E-state index contributed by atoms with van der Waals surface area (Å²) >= 11 is 0. The van der Waals surface area contributed by atoms with Crippen LogP contribution in [0.25, 0.3) is 0 Å². The van der Waals surface area contributed by atoms with Crippen LogP contribution < -0.4 is 9.47 Å². The van der Waals surface area contributed by atoms with Gasteiger partial charge in [-0.2, -0.15) is 0 Å². The van der Waals surface area contributed by atoms with Gasteiger partial charge in [0.2, 0.25) is 0 Å². The third-order valence-electron chi connectivity index (χ3n) is 6.78. The van der Waals surface area contributed by atoms with Crippen molar-refractivity contribution in [2.24, 2.45) is 0 Å². The van der Waals surface area contributed by atoms with Gasteiger partial charge in [0, 0.05) is 5.56 Å². The van der Waals surface area contributed by atoms with Gasteiger partial charge in [0.15, 0.2) is 23.4 Å². The fourth-order valence-corrected chi connectivity index (χ4v) is 6.02. The predicted octanol–water partition coefficient (Wildman–Crippen LogP) is 0.491. The fraction of sp³-hybridized carbons (Fsp3) is 0.471. The van der Waals surface area contributed by atoms with Gasteiger partial charge in [0.1, 0.15) is 5.60 Å². The molecule has 0 aromatic heterocycles. The standard InChI is InChI=1S/C17H15NO4/c1-18-14-16(18)7-15-11-8(16)3-4-10(21-2)12(11)22-13(15)9(19)5-6-17(14,15)20/h3-6,13-14,20H,7H2,1-2H3/t13-,14+,15-,16?,17?,18?/m0/s1. The van der Waals surface area contributed by atoms with Crippen LogP contribution in [-0.2, 0) is 15.7 Å². The van der Waals surface area contributed by atoms with Crippen molar-refractivity contribution in [2.45, 2.75) is 35.1 Å². The molecule has 5 heteroatoms. The van der Waals surface area contributed by atoms with Gasteiger partial charge in [-0.25, -0.2) is 0 Å². The Morgan fingerprint density at radius 2 is 2.27 bits per heavy atom. The normalized spacial score (nSPS) is 50.7. The topological polar surface area (TPSA) is 58.8 Å². The summed E-state index contributed by atoms with van der Waals surface area (Å²) in [4.78, 5) is 14.7. The molecule has 1 aromatic carbocycles. The van der Waals surface area contributed by atoms with Crippen molar-refractivity contribution in [3.05, 3.63) is 35.4 Å². The molecule has 5 nitrogen and oxygen atoms in total. The number of aliphatic hydroxyl groups is 1. The summed E-state index contributed by atoms with van der Waals surface area (Å²) in [6, 6.07) is 4.02. The molecular formula is C17H15NO4. The molecule has 0 amide bonds. The molecule has 6 atom stereocenters. The molecular weight excluding hydrogens is 282 g/mol. The molecule has 2 spiro atoms. The number of hydrogen-bond donors (Lipinski definition) is 1. The Labute approximate surface area is 127 Å². The van der Waals surface area contributed by atoms with Crippen LogP contribution in [0.1, 0.15) is 17.5 Å². The quantitative estimate of drug-likeness (QED) is 0.765. The number of ketones is 1. The number of fused-ring (bicyclic) bond motifs is 1. The number of piperidine rings is 1. The van der Waals surface area contributed by atoms with E-state index in [0.717, 1.165) is 12.0 Å². The molecule has 22 heavy (non-hydrogen) atoms. The van der Waals surface area contributed by atoms with E-state index in [9.17, 15) is 9.90 Å². The number of carbonyl (C=O) groups excluding carboxylic acids is 1. The van der Waals surface area contributed by atoms with E-state index in [1.165, 1.54) is 11.6 Å². The monoisotopic (exact) mass is 297 g/mol. The number of benzene rings is 1. The Balaban J connectivity index is 1.78. The molecule has 1 saturated heterocycles. The van der Waals surface area contributed by atoms with E-state index in [4.69, 9.17) is 9.47 Å². The molecule has 1 N–H and O–H groups in total. The van der Waals surface area contributed by atoms with Crippen LogP contribution in [-0.4, -0.2) is 47.7 Å². The highest BCUT2D eigenvalue weighted by Gasteiger charge is 2.90. The summed E-state index contributed by atoms with van der Waals surface area (Å²) in [5.74, 6) is 1.23. The number of methoxy groups -OCH3 is 1. The van der Waals surface area contributed by atoms with Crippen molar-refractivity contribution in [1.29, 1.82) is 0 Å². The van der Waals surface area contributed by atoms with E-state index in [1.807, 2.05) is 13.1 Å². The number of nitrogens with zero attached hydrogens (tertiary/aromatic N) is 1. The lowest BCUT2D eigenvalue weighted by Crippen LogP contribution is -2.61. The Morgan fingerprint density at radius 1 is 1.45 bits per heavy atom. The molecule has 1 saturated carbocycles.